The predicted molar refractivity (Wildman–Crippen MR) is 132 cm³/mol. The van der Waals surface area contributed by atoms with Crippen LogP contribution in [-0.2, 0) is 4.79 Å². The van der Waals surface area contributed by atoms with Crippen molar-refractivity contribution in [3.63, 3.8) is 0 Å². The molecule has 4 fully saturated rings. The molecule has 1 aromatic carbocycles. The highest BCUT2D eigenvalue weighted by Crippen LogP contribution is 2.65. The van der Waals surface area contributed by atoms with Crippen molar-refractivity contribution in [1.82, 2.24) is 5.32 Å². The minimum atomic E-state index is 0.270. The van der Waals surface area contributed by atoms with E-state index >= 15 is 0 Å². The number of hydrogen-bond acceptors (Lipinski definition) is 2. The fourth-order valence-electron chi connectivity index (χ4n) is 7.94. The molecule has 3 nitrogen and oxygen atoms in total. The fourth-order valence-corrected chi connectivity index (χ4v) is 7.94. The molecule has 8 atom stereocenters. The molecule has 3 saturated carbocycles. The van der Waals surface area contributed by atoms with E-state index in [1.165, 1.54) is 37.7 Å². The minimum Gasteiger partial charge on any atom is -0.490 e. The molecule has 3 heteroatoms. The zero-order valence-electron chi connectivity index (χ0n) is 21.2. The number of hydrogen-bond donors (Lipinski definition) is 1. The van der Waals surface area contributed by atoms with E-state index in [1.807, 2.05) is 0 Å². The van der Waals surface area contributed by atoms with E-state index in [4.69, 9.17) is 4.74 Å². The van der Waals surface area contributed by atoms with Crippen LogP contribution in [0.25, 0.3) is 0 Å². The zero-order chi connectivity index (χ0) is 23.1. The molecule has 5 rings (SSSR count). The third-order valence-electron chi connectivity index (χ3n) is 9.52. The standard InChI is InChI=1S/C26H37NO2.C3H8/c1-16-5-7-18(8-6-16)29-19-14-21-24-17(2)13-22-26(4,12-10-23(28)27-22)20(24)9-11-25(21,3)15-19;1-3-2/h5-8,17,19-22,24H,9-15H2,1-4H3,(H,27,28);3H2,1-2H3/t17?,19-,20?,21?,22?,24?,25+,26+;/m0./s1. The molecule has 3 aliphatic carbocycles. The SMILES string of the molecule is CCC.Cc1ccc(O[C@H]2CC3C4C(C)CC5NC(=O)CC[C@]5(C)C4CC[C@]3(C)C2)cc1. The molecular weight excluding hydrogens is 394 g/mol. The van der Waals surface area contributed by atoms with Crippen molar-refractivity contribution in [2.75, 3.05) is 0 Å². The normalized spacial score (nSPS) is 42.5. The van der Waals surface area contributed by atoms with Gasteiger partial charge in [0.2, 0.25) is 5.91 Å². The highest BCUT2D eigenvalue weighted by molar-refractivity contribution is 5.77. The molecule has 178 valence electrons. The Kier molecular flexibility index (Phi) is 6.67. The summed E-state index contributed by atoms with van der Waals surface area (Å²) in [7, 11) is 0. The molecule has 1 aliphatic heterocycles. The van der Waals surface area contributed by atoms with Crippen LogP contribution in [0.4, 0.5) is 0 Å². The Labute approximate surface area is 196 Å². The highest BCUT2D eigenvalue weighted by atomic mass is 16.5. The van der Waals surface area contributed by atoms with Crippen molar-refractivity contribution in [2.45, 2.75) is 105 Å². The largest absolute Gasteiger partial charge is 0.490 e. The Hall–Kier alpha value is -1.51. The maximum atomic E-state index is 12.1. The number of carbonyl (C=O) groups excluding carboxylic acids is 1. The lowest BCUT2D eigenvalue weighted by Crippen LogP contribution is -2.62. The number of carbonyl (C=O) groups is 1. The van der Waals surface area contributed by atoms with E-state index in [-0.39, 0.29) is 11.3 Å². The molecule has 1 amide bonds. The molecule has 1 N–H and O–H groups in total. The van der Waals surface area contributed by atoms with Gasteiger partial charge in [-0.25, -0.2) is 0 Å². The van der Waals surface area contributed by atoms with Gasteiger partial charge in [-0.15, -0.1) is 0 Å². The third kappa shape index (κ3) is 4.21. The zero-order valence-corrected chi connectivity index (χ0v) is 21.2. The Morgan fingerprint density at radius 1 is 1.06 bits per heavy atom. The van der Waals surface area contributed by atoms with E-state index < -0.39 is 0 Å². The van der Waals surface area contributed by atoms with Gasteiger partial charge in [0.25, 0.3) is 0 Å². The van der Waals surface area contributed by atoms with Crippen LogP contribution in [0.3, 0.4) is 0 Å². The second-order valence-electron chi connectivity index (χ2n) is 12.0. The molecule has 1 aromatic rings. The van der Waals surface area contributed by atoms with E-state index in [0.29, 0.717) is 29.9 Å². The summed E-state index contributed by atoms with van der Waals surface area (Å²) in [5.74, 6) is 4.25. The van der Waals surface area contributed by atoms with Gasteiger partial charge in [0.1, 0.15) is 5.75 Å². The number of fused-ring (bicyclic) bond motifs is 5. The Morgan fingerprint density at radius 2 is 1.75 bits per heavy atom. The maximum Gasteiger partial charge on any atom is 0.220 e. The number of benzene rings is 1. The lowest BCUT2D eigenvalue weighted by molar-refractivity contribution is -0.141. The molecule has 32 heavy (non-hydrogen) atoms. The van der Waals surface area contributed by atoms with Gasteiger partial charge in [-0.2, -0.15) is 0 Å². The van der Waals surface area contributed by atoms with Gasteiger partial charge < -0.3 is 10.1 Å². The van der Waals surface area contributed by atoms with Crippen molar-refractivity contribution < 1.29 is 9.53 Å². The van der Waals surface area contributed by atoms with Gasteiger partial charge in [-0.1, -0.05) is 58.7 Å². The van der Waals surface area contributed by atoms with Gasteiger partial charge in [0.05, 0.1) is 6.10 Å². The van der Waals surface area contributed by atoms with Crippen molar-refractivity contribution in [3.05, 3.63) is 29.8 Å². The summed E-state index contributed by atoms with van der Waals surface area (Å²) in [5, 5.41) is 3.37. The first-order valence-electron chi connectivity index (χ1n) is 13.2. The quantitative estimate of drug-likeness (QED) is 0.543. The van der Waals surface area contributed by atoms with Crippen LogP contribution in [-0.4, -0.2) is 18.1 Å². The van der Waals surface area contributed by atoms with Gasteiger partial charge >= 0.3 is 0 Å². The van der Waals surface area contributed by atoms with Crippen LogP contribution in [0.5, 0.6) is 5.75 Å². The van der Waals surface area contributed by atoms with E-state index in [2.05, 4.69) is 71.1 Å². The molecule has 0 radical (unpaired) electrons. The second kappa shape index (κ2) is 9.03. The summed E-state index contributed by atoms with van der Waals surface area (Å²) in [6, 6.07) is 8.93. The van der Waals surface area contributed by atoms with Crippen LogP contribution in [0.1, 0.15) is 91.5 Å². The number of rotatable bonds is 2. The van der Waals surface area contributed by atoms with Crippen LogP contribution in [0, 0.1) is 41.4 Å². The average molecular weight is 440 g/mol. The molecule has 1 heterocycles. The van der Waals surface area contributed by atoms with Gasteiger partial charge in [-0.05, 0) is 92.1 Å². The molecule has 0 bridgehead atoms. The van der Waals surface area contributed by atoms with Crippen molar-refractivity contribution in [3.8, 4) is 5.75 Å². The molecular formula is C29H45NO2. The monoisotopic (exact) mass is 439 g/mol. The number of piperidine rings is 1. The summed E-state index contributed by atoms with van der Waals surface area (Å²) in [5.41, 5.74) is 1.97. The molecule has 5 unspecified atom stereocenters. The topological polar surface area (TPSA) is 38.3 Å². The van der Waals surface area contributed by atoms with E-state index in [1.54, 1.807) is 0 Å². The van der Waals surface area contributed by atoms with Crippen molar-refractivity contribution in [1.29, 1.82) is 0 Å². The first-order valence-corrected chi connectivity index (χ1v) is 13.2. The second-order valence-corrected chi connectivity index (χ2v) is 12.0. The first kappa shape index (κ1) is 23.6. The van der Waals surface area contributed by atoms with Gasteiger partial charge in [0, 0.05) is 12.5 Å². The van der Waals surface area contributed by atoms with Crippen LogP contribution < -0.4 is 10.1 Å². The molecule has 1 saturated heterocycles. The summed E-state index contributed by atoms with van der Waals surface area (Å²) in [4.78, 5) is 12.1. The number of amides is 1. The van der Waals surface area contributed by atoms with Gasteiger partial charge in [-0.3, -0.25) is 4.79 Å². The van der Waals surface area contributed by atoms with E-state index in [9.17, 15) is 4.79 Å². The highest BCUT2D eigenvalue weighted by Gasteiger charge is 2.61. The number of ether oxygens (including phenoxy) is 1. The summed E-state index contributed by atoms with van der Waals surface area (Å²) in [6.45, 7) is 13.9. The third-order valence-corrected chi connectivity index (χ3v) is 9.52. The van der Waals surface area contributed by atoms with E-state index in [0.717, 1.165) is 36.3 Å². The molecule has 0 aromatic heterocycles. The minimum absolute atomic E-state index is 0.270. The molecule has 0 spiro atoms. The van der Waals surface area contributed by atoms with Crippen LogP contribution >= 0.6 is 0 Å². The fraction of sp³-hybridized carbons (Fsp3) is 0.759. The van der Waals surface area contributed by atoms with Crippen LogP contribution in [0.15, 0.2) is 24.3 Å². The Balaban J connectivity index is 0.000000775. The lowest BCUT2D eigenvalue weighted by Gasteiger charge is -2.61. The smallest absolute Gasteiger partial charge is 0.220 e. The van der Waals surface area contributed by atoms with Crippen molar-refractivity contribution in [2.24, 2.45) is 34.5 Å². The summed E-state index contributed by atoms with van der Waals surface area (Å²) >= 11 is 0. The number of aryl methyl sites for hydroxylation is 1. The van der Waals surface area contributed by atoms with Crippen molar-refractivity contribution >= 4 is 5.91 Å². The van der Waals surface area contributed by atoms with Crippen LogP contribution in [0.2, 0.25) is 0 Å². The lowest BCUT2D eigenvalue weighted by atomic mass is 9.45. The summed E-state index contributed by atoms with van der Waals surface area (Å²) in [6.07, 6.45) is 9.56. The number of nitrogens with one attached hydrogen (secondary N) is 1. The Morgan fingerprint density at radius 3 is 2.44 bits per heavy atom. The average Bonchev–Trinajstić information content (AvgIpc) is 3.07. The maximum absolute atomic E-state index is 12.1. The van der Waals surface area contributed by atoms with Gasteiger partial charge in [0.15, 0.2) is 0 Å². The molecule has 4 aliphatic rings. The predicted octanol–water partition coefficient (Wildman–Crippen LogP) is 6.93. The summed E-state index contributed by atoms with van der Waals surface area (Å²) < 4.78 is 6.49. The Bertz CT molecular complexity index is 804. The first-order chi connectivity index (χ1) is 15.2.